The zero-order valence-electron chi connectivity index (χ0n) is 13.4. The number of hydrogen-bond donors (Lipinski definition) is 2. The van der Waals surface area contributed by atoms with Crippen LogP contribution in [0.1, 0.15) is 34.3 Å². The molecule has 134 valence electrons. The minimum Gasteiger partial charge on any atom is -0.433 e. The summed E-state index contributed by atoms with van der Waals surface area (Å²) in [4.78, 5) is 16.9. The Morgan fingerprint density at radius 1 is 1.35 bits per heavy atom. The van der Waals surface area contributed by atoms with E-state index < -0.39 is 12.5 Å². The smallest absolute Gasteiger partial charge is 0.387 e. The number of hydrogen-bond acceptors (Lipinski definition) is 5. The van der Waals surface area contributed by atoms with Crippen LogP contribution >= 0.6 is 11.3 Å². The van der Waals surface area contributed by atoms with Gasteiger partial charge in [-0.2, -0.15) is 13.9 Å². The number of H-pyrrole nitrogens is 1. The van der Waals surface area contributed by atoms with Gasteiger partial charge in [-0.3, -0.25) is 9.89 Å². The third-order valence-electron chi connectivity index (χ3n) is 3.90. The molecule has 2 N–H and O–H groups in total. The fourth-order valence-corrected chi connectivity index (χ4v) is 3.24. The Morgan fingerprint density at radius 2 is 2.19 bits per heavy atom. The number of benzene rings is 1. The van der Waals surface area contributed by atoms with Crippen molar-refractivity contribution >= 4 is 22.9 Å². The van der Waals surface area contributed by atoms with E-state index in [2.05, 4.69) is 25.2 Å². The molecule has 4 rings (SSSR count). The number of aromatic amines is 1. The molecule has 0 unspecified atom stereocenters. The molecule has 2 aromatic heterocycles. The Hall–Kier alpha value is -2.81. The van der Waals surface area contributed by atoms with Crippen molar-refractivity contribution in [1.82, 2.24) is 15.2 Å². The van der Waals surface area contributed by atoms with Crippen molar-refractivity contribution in [3.63, 3.8) is 0 Å². The first kappa shape index (κ1) is 16.6. The minimum atomic E-state index is -2.98. The van der Waals surface area contributed by atoms with Crippen molar-refractivity contribution in [1.29, 1.82) is 0 Å². The van der Waals surface area contributed by atoms with Crippen LogP contribution in [0.3, 0.4) is 0 Å². The van der Waals surface area contributed by atoms with Crippen molar-refractivity contribution in [2.45, 2.75) is 25.4 Å². The fourth-order valence-electron chi connectivity index (χ4n) is 2.52. The number of nitrogens with one attached hydrogen (secondary N) is 2. The van der Waals surface area contributed by atoms with Gasteiger partial charge in [0.25, 0.3) is 5.91 Å². The van der Waals surface area contributed by atoms with Gasteiger partial charge in [0.2, 0.25) is 0 Å². The lowest BCUT2D eigenvalue weighted by Crippen LogP contribution is -2.13. The van der Waals surface area contributed by atoms with Gasteiger partial charge in [0, 0.05) is 17.2 Å². The molecule has 0 atom stereocenters. The quantitative estimate of drug-likeness (QED) is 0.673. The van der Waals surface area contributed by atoms with Gasteiger partial charge in [-0.25, -0.2) is 4.98 Å². The first-order valence-corrected chi connectivity index (χ1v) is 8.84. The molecule has 1 aliphatic carbocycles. The van der Waals surface area contributed by atoms with Crippen molar-refractivity contribution in [2.24, 2.45) is 0 Å². The summed E-state index contributed by atoms with van der Waals surface area (Å²) in [7, 11) is 0. The molecule has 1 saturated carbocycles. The normalized spacial score (nSPS) is 13.8. The van der Waals surface area contributed by atoms with E-state index in [1.54, 1.807) is 18.2 Å². The van der Waals surface area contributed by atoms with Crippen LogP contribution in [0.15, 0.2) is 35.7 Å². The number of halogens is 2. The van der Waals surface area contributed by atoms with Gasteiger partial charge in [-0.15, -0.1) is 11.3 Å². The van der Waals surface area contributed by atoms with Crippen LogP contribution in [-0.4, -0.2) is 27.7 Å². The summed E-state index contributed by atoms with van der Waals surface area (Å²) < 4.78 is 29.2. The number of carbonyl (C=O) groups is 1. The predicted molar refractivity (Wildman–Crippen MR) is 92.7 cm³/mol. The van der Waals surface area contributed by atoms with Gasteiger partial charge < -0.3 is 10.1 Å². The van der Waals surface area contributed by atoms with Crippen LogP contribution in [0, 0.1) is 0 Å². The maximum Gasteiger partial charge on any atom is 0.387 e. The van der Waals surface area contributed by atoms with Crippen molar-refractivity contribution in [2.75, 3.05) is 5.32 Å². The van der Waals surface area contributed by atoms with E-state index in [4.69, 9.17) is 0 Å². The second-order valence-corrected chi connectivity index (χ2v) is 6.76. The summed E-state index contributed by atoms with van der Waals surface area (Å²) in [6.45, 7) is -2.98. The molecule has 0 aliphatic heterocycles. The second kappa shape index (κ2) is 6.83. The van der Waals surface area contributed by atoms with Gasteiger partial charge >= 0.3 is 6.61 Å². The van der Waals surface area contributed by atoms with Crippen molar-refractivity contribution in [3.8, 4) is 17.1 Å². The van der Waals surface area contributed by atoms with Gasteiger partial charge in [-0.1, -0.05) is 12.1 Å². The Kier molecular flexibility index (Phi) is 4.37. The molecule has 0 bridgehead atoms. The lowest BCUT2D eigenvalue weighted by Gasteiger charge is -2.08. The molecule has 1 fully saturated rings. The fraction of sp³-hybridized carbons (Fsp3) is 0.235. The number of nitrogens with zero attached hydrogens (tertiary/aromatic N) is 2. The monoisotopic (exact) mass is 376 g/mol. The van der Waals surface area contributed by atoms with E-state index in [-0.39, 0.29) is 10.6 Å². The number of alkyl halides is 2. The average Bonchev–Trinajstić information content (AvgIpc) is 3.16. The Morgan fingerprint density at radius 3 is 2.96 bits per heavy atom. The largest absolute Gasteiger partial charge is 0.433 e. The van der Waals surface area contributed by atoms with E-state index in [0.717, 1.165) is 35.6 Å². The molecule has 6 nitrogen and oxygen atoms in total. The maximum absolute atomic E-state index is 12.4. The van der Waals surface area contributed by atoms with Gasteiger partial charge in [0.1, 0.15) is 16.5 Å². The van der Waals surface area contributed by atoms with Crippen molar-refractivity contribution in [3.05, 3.63) is 46.4 Å². The predicted octanol–water partition coefficient (Wildman–Crippen LogP) is 4.26. The van der Waals surface area contributed by atoms with E-state index in [1.165, 1.54) is 11.4 Å². The van der Waals surface area contributed by atoms with Crippen LogP contribution in [0.25, 0.3) is 11.4 Å². The number of thiophene rings is 1. The second-order valence-electron chi connectivity index (χ2n) is 5.85. The van der Waals surface area contributed by atoms with E-state index in [9.17, 15) is 13.6 Å². The molecule has 0 radical (unpaired) electrons. The Balaban J connectivity index is 1.51. The first-order valence-electron chi connectivity index (χ1n) is 7.96. The van der Waals surface area contributed by atoms with Crippen LogP contribution in [0.4, 0.5) is 14.5 Å². The van der Waals surface area contributed by atoms with E-state index >= 15 is 0 Å². The molecular weight excluding hydrogens is 362 g/mol. The summed E-state index contributed by atoms with van der Waals surface area (Å²) >= 11 is 1.03. The molecular formula is C17H14F2N4O2S. The van der Waals surface area contributed by atoms with Crippen LogP contribution < -0.4 is 10.1 Å². The minimum absolute atomic E-state index is 0.0876. The van der Waals surface area contributed by atoms with E-state index in [0.29, 0.717) is 17.4 Å². The average molecular weight is 376 g/mol. The molecule has 0 spiro atoms. The zero-order valence-corrected chi connectivity index (χ0v) is 14.2. The Labute approximate surface area is 151 Å². The number of rotatable bonds is 6. The van der Waals surface area contributed by atoms with Gasteiger partial charge in [0.15, 0.2) is 5.82 Å². The zero-order chi connectivity index (χ0) is 18.1. The van der Waals surface area contributed by atoms with Gasteiger partial charge in [0.05, 0.1) is 0 Å². The lowest BCUT2D eigenvalue weighted by atomic mass is 10.2. The Bertz CT molecular complexity index is 936. The number of amides is 1. The summed E-state index contributed by atoms with van der Waals surface area (Å²) in [5.41, 5.74) is 1.27. The number of ether oxygens (including phenoxy) is 1. The van der Waals surface area contributed by atoms with Crippen molar-refractivity contribution < 1.29 is 18.3 Å². The molecule has 1 amide bonds. The highest BCUT2D eigenvalue weighted by atomic mass is 32.1. The highest BCUT2D eigenvalue weighted by Crippen LogP contribution is 2.38. The summed E-state index contributed by atoms with van der Waals surface area (Å²) in [5, 5.41) is 11.4. The summed E-state index contributed by atoms with van der Waals surface area (Å²) in [6.07, 6.45) is 2.24. The molecule has 1 aliphatic rings. The topological polar surface area (TPSA) is 79.9 Å². The third-order valence-corrected chi connectivity index (χ3v) is 4.79. The van der Waals surface area contributed by atoms with Crippen LogP contribution in [0.5, 0.6) is 5.75 Å². The standard InChI is InChI=1S/C17H14F2N4O2S/c18-17(19)25-12-6-7-26-13(12)16(24)20-11-3-1-2-10(8-11)15-21-14(22-23-15)9-4-5-9/h1-3,6-9,17H,4-5H2,(H,20,24)(H,21,22,23). The van der Waals surface area contributed by atoms with Gasteiger partial charge in [-0.05, 0) is 36.4 Å². The molecule has 1 aromatic carbocycles. The lowest BCUT2D eigenvalue weighted by molar-refractivity contribution is -0.0498. The highest BCUT2D eigenvalue weighted by Gasteiger charge is 2.27. The molecule has 26 heavy (non-hydrogen) atoms. The SMILES string of the molecule is O=C(Nc1cccc(-c2n[nH]c(C3CC3)n2)c1)c1sccc1OC(F)F. The highest BCUT2D eigenvalue weighted by molar-refractivity contribution is 7.12. The third kappa shape index (κ3) is 3.57. The number of anilines is 1. The summed E-state index contributed by atoms with van der Waals surface area (Å²) in [6, 6.07) is 8.39. The van der Waals surface area contributed by atoms with Crippen LogP contribution in [0.2, 0.25) is 0 Å². The molecule has 9 heteroatoms. The summed E-state index contributed by atoms with van der Waals surface area (Å²) in [5.74, 6) is 1.25. The molecule has 2 heterocycles. The van der Waals surface area contributed by atoms with E-state index in [1.807, 2.05) is 6.07 Å². The molecule has 3 aromatic rings. The maximum atomic E-state index is 12.4. The van der Waals surface area contributed by atoms with Crippen LogP contribution in [-0.2, 0) is 0 Å². The number of aromatic nitrogens is 3. The number of carbonyl (C=O) groups excluding carboxylic acids is 1. The molecule has 0 saturated heterocycles. The first-order chi connectivity index (χ1) is 12.6.